The monoisotopic (exact) mass is 627 g/mol. The quantitative estimate of drug-likeness (QED) is 0.183. The van der Waals surface area contributed by atoms with Gasteiger partial charge in [0.2, 0.25) is 0 Å². The van der Waals surface area contributed by atoms with Gasteiger partial charge in [-0.2, -0.15) is 0 Å². The van der Waals surface area contributed by atoms with E-state index in [0.29, 0.717) is 0 Å². The van der Waals surface area contributed by atoms with Crippen LogP contribution >= 0.6 is 0 Å². The van der Waals surface area contributed by atoms with Crippen LogP contribution in [0.15, 0.2) is 170 Å². The minimum absolute atomic E-state index is 0.114. The third-order valence-electron chi connectivity index (χ3n) is 10.5. The zero-order chi connectivity index (χ0) is 33.1. The normalized spacial score (nSPS) is 13.0. The Morgan fingerprint density at radius 3 is 1.76 bits per heavy atom. The third kappa shape index (κ3) is 4.77. The van der Waals surface area contributed by atoms with Crippen molar-refractivity contribution in [3.63, 3.8) is 0 Å². The molecule has 0 N–H and O–H groups in total. The Morgan fingerprint density at radius 2 is 1.04 bits per heavy atom. The molecule has 234 valence electrons. The lowest BCUT2D eigenvalue weighted by Gasteiger charge is -2.31. The van der Waals surface area contributed by atoms with Crippen molar-refractivity contribution in [2.75, 3.05) is 4.90 Å². The topological polar surface area (TPSA) is 3.24 Å². The van der Waals surface area contributed by atoms with Gasteiger partial charge >= 0.3 is 0 Å². The molecule has 8 aromatic carbocycles. The summed E-state index contributed by atoms with van der Waals surface area (Å²) in [5.74, 6) is 0. The molecule has 0 bridgehead atoms. The van der Waals surface area contributed by atoms with Crippen molar-refractivity contribution >= 4 is 38.6 Å². The van der Waals surface area contributed by atoms with E-state index in [2.05, 4.69) is 196 Å². The van der Waals surface area contributed by atoms with Crippen LogP contribution in [0.1, 0.15) is 30.5 Å². The second-order valence-electron chi connectivity index (χ2n) is 13.9. The molecule has 0 radical (unpaired) electrons. The highest BCUT2D eigenvalue weighted by molar-refractivity contribution is 6.10. The van der Waals surface area contributed by atoms with Crippen molar-refractivity contribution in [3.05, 3.63) is 187 Å². The summed E-state index contributed by atoms with van der Waals surface area (Å²) in [7, 11) is 0. The van der Waals surface area contributed by atoms with E-state index in [1.807, 2.05) is 0 Å². The van der Waals surface area contributed by atoms with Gasteiger partial charge in [0, 0.05) is 27.7 Å². The average molecular weight is 628 g/mol. The Hall–Kier alpha value is -5.92. The van der Waals surface area contributed by atoms with E-state index < -0.39 is 0 Å². The second-order valence-corrected chi connectivity index (χ2v) is 13.9. The van der Waals surface area contributed by atoms with Crippen LogP contribution in [-0.2, 0) is 5.41 Å². The number of rotatable bonds is 5. The number of fused-ring (bicyclic) bond motifs is 5. The lowest BCUT2D eigenvalue weighted by Crippen LogP contribution is -2.16. The van der Waals surface area contributed by atoms with Crippen LogP contribution in [0.25, 0.3) is 54.9 Å². The van der Waals surface area contributed by atoms with Crippen molar-refractivity contribution < 1.29 is 0 Å². The highest BCUT2D eigenvalue weighted by Crippen LogP contribution is 2.56. The standard InChI is InChI=1S/C48H37N/c1-32-14-13-20-39(28-32)49(47-40-21-10-9-19-37(40)31-45-46(47)41-22-11-12-23-44(41)48(45,2)3)38-26-24-34(25-27-38)43-30-36-18-8-7-17-35(36)29-42(43)33-15-5-4-6-16-33/h4-31H,1-3H3. The number of hydrogen-bond donors (Lipinski definition) is 0. The van der Waals surface area contributed by atoms with Gasteiger partial charge in [0.25, 0.3) is 0 Å². The third-order valence-corrected chi connectivity index (χ3v) is 10.5. The van der Waals surface area contributed by atoms with Crippen molar-refractivity contribution in [2.24, 2.45) is 0 Å². The van der Waals surface area contributed by atoms with Crippen molar-refractivity contribution in [3.8, 4) is 33.4 Å². The lowest BCUT2D eigenvalue weighted by atomic mass is 9.81. The molecule has 0 fully saturated rings. The number of hydrogen-bond acceptors (Lipinski definition) is 1. The maximum atomic E-state index is 2.49. The minimum Gasteiger partial charge on any atom is -0.309 e. The number of benzene rings is 8. The predicted octanol–water partition coefficient (Wildman–Crippen LogP) is 13.4. The number of anilines is 3. The van der Waals surface area contributed by atoms with Crippen LogP contribution in [0.5, 0.6) is 0 Å². The lowest BCUT2D eigenvalue weighted by molar-refractivity contribution is 0.661. The molecule has 0 aliphatic heterocycles. The Kier molecular flexibility index (Phi) is 6.78. The van der Waals surface area contributed by atoms with E-state index in [4.69, 9.17) is 0 Å². The highest BCUT2D eigenvalue weighted by atomic mass is 15.1. The summed E-state index contributed by atoms with van der Waals surface area (Å²) in [6.45, 7) is 6.92. The molecule has 0 spiro atoms. The van der Waals surface area contributed by atoms with Gasteiger partial charge in [0.1, 0.15) is 0 Å². The first kappa shape index (κ1) is 29.2. The highest BCUT2D eigenvalue weighted by Gasteiger charge is 2.39. The number of aryl methyl sites for hydroxylation is 1. The Morgan fingerprint density at radius 1 is 0.429 bits per heavy atom. The van der Waals surface area contributed by atoms with Gasteiger partial charge in [0.15, 0.2) is 0 Å². The average Bonchev–Trinajstić information content (AvgIpc) is 3.37. The molecule has 49 heavy (non-hydrogen) atoms. The summed E-state index contributed by atoms with van der Waals surface area (Å²) < 4.78 is 0. The molecule has 1 nitrogen and oxygen atoms in total. The van der Waals surface area contributed by atoms with E-state index >= 15 is 0 Å². The fourth-order valence-electron chi connectivity index (χ4n) is 8.02. The molecule has 1 heteroatoms. The number of nitrogens with zero attached hydrogens (tertiary/aromatic N) is 1. The first-order chi connectivity index (χ1) is 24.0. The summed E-state index contributed by atoms with van der Waals surface area (Å²) in [5.41, 5.74) is 15.0. The van der Waals surface area contributed by atoms with Crippen molar-refractivity contribution in [2.45, 2.75) is 26.2 Å². The van der Waals surface area contributed by atoms with Crippen LogP contribution < -0.4 is 4.90 Å². The Bertz CT molecular complexity index is 2520. The zero-order valence-electron chi connectivity index (χ0n) is 28.1. The van der Waals surface area contributed by atoms with Gasteiger partial charge in [-0.3, -0.25) is 0 Å². The Labute approximate surface area is 288 Å². The smallest absolute Gasteiger partial charge is 0.0621 e. The largest absolute Gasteiger partial charge is 0.309 e. The maximum Gasteiger partial charge on any atom is 0.0621 e. The van der Waals surface area contributed by atoms with Crippen LogP contribution in [0, 0.1) is 6.92 Å². The van der Waals surface area contributed by atoms with Gasteiger partial charge in [-0.25, -0.2) is 0 Å². The summed E-state index contributed by atoms with van der Waals surface area (Å²) in [5, 5.41) is 5.01. The second kappa shape index (κ2) is 11.4. The first-order valence-corrected chi connectivity index (χ1v) is 17.2. The molecule has 0 amide bonds. The first-order valence-electron chi connectivity index (χ1n) is 17.2. The molecule has 0 heterocycles. The predicted molar refractivity (Wildman–Crippen MR) is 209 cm³/mol. The van der Waals surface area contributed by atoms with Crippen LogP contribution in [0.4, 0.5) is 17.1 Å². The van der Waals surface area contributed by atoms with Crippen molar-refractivity contribution in [1.29, 1.82) is 0 Å². The molecule has 0 atom stereocenters. The van der Waals surface area contributed by atoms with Crippen LogP contribution in [0.3, 0.4) is 0 Å². The van der Waals surface area contributed by atoms with E-state index in [9.17, 15) is 0 Å². The van der Waals surface area contributed by atoms with Gasteiger partial charge < -0.3 is 4.90 Å². The molecule has 0 aromatic heterocycles. The van der Waals surface area contributed by atoms with Crippen LogP contribution in [0.2, 0.25) is 0 Å². The van der Waals surface area contributed by atoms with Gasteiger partial charge in [-0.15, -0.1) is 0 Å². The summed E-state index contributed by atoms with van der Waals surface area (Å²) in [4.78, 5) is 2.49. The molecular weight excluding hydrogens is 591 g/mol. The molecule has 1 aliphatic carbocycles. The molecule has 0 unspecified atom stereocenters. The van der Waals surface area contributed by atoms with E-state index in [-0.39, 0.29) is 5.41 Å². The summed E-state index contributed by atoms with van der Waals surface area (Å²) >= 11 is 0. The molecule has 8 aromatic rings. The molecule has 9 rings (SSSR count). The SMILES string of the molecule is Cc1cccc(N(c2ccc(-c3cc4ccccc4cc3-c3ccccc3)cc2)c2c3c(cc4ccccc24)C(C)(C)c2ccccc2-3)c1. The van der Waals surface area contributed by atoms with Gasteiger partial charge in [-0.1, -0.05) is 141 Å². The van der Waals surface area contributed by atoms with E-state index in [1.165, 1.54) is 77.3 Å². The van der Waals surface area contributed by atoms with Crippen LogP contribution in [-0.4, -0.2) is 0 Å². The van der Waals surface area contributed by atoms with E-state index in [1.54, 1.807) is 0 Å². The fourth-order valence-corrected chi connectivity index (χ4v) is 8.02. The maximum absolute atomic E-state index is 2.49. The van der Waals surface area contributed by atoms with Gasteiger partial charge in [-0.05, 0) is 110 Å². The Balaban J connectivity index is 1.29. The molecule has 0 saturated heterocycles. The minimum atomic E-state index is -0.114. The van der Waals surface area contributed by atoms with Crippen molar-refractivity contribution in [1.82, 2.24) is 0 Å². The summed E-state index contributed by atoms with van der Waals surface area (Å²) in [6.07, 6.45) is 0. The molecule has 0 saturated carbocycles. The van der Waals surface area contributed by atoms with Gasteiger partial charge in [0.05, 0.1) is 5.69 Å². The fraction of sp³-hybridized carbons (Fsp3) is 0.0833. The molecule has 1 aliphatic rings. The van der Waals surface area contributed by atoms with E-state index in [0.717, 1.165) is 11.4 Å². The zero-order valence-corrected chi connectivity index (χ0v) is 28.1. The summed E-state index contributed by atoms with van der Waals surface area (Å²) in [6, 6.07) is 62.5. The molecular formula is C48H37N.